The first-order valence-corrected chi connectivity index (χ1v) is 8.46. The molecule has 0 aliphatic rings. The Balaban J connectivity index is 1.72. The summed E-state index contributed by atoms with van der Waals surface area (Å²) in [5, 5.41) is 2.70. The second kappa shape index (κ2) is 9.26. The smallest absolute Gasteiger partial charge is 0.422 e. The molecule has 2 aromatic rings. The zero-order chi connectivity index (χ0) is 18.1. The Labute approximate surface area is 147 Å². The van der Waals surface area contributed by atoms with Gasteiger partial charge in [-0.1, -0.05) is 6.07 Å². The first-order valence-electron chi connectivity index (χ1n) is 7.30. The second-order valence-electron chi connectivity index (χ2n) is 5.04. The molecular weight excluding hydrogens is 355 g/mol. The molecule has 0 aliphatic heterocycles. The van der Waals surface area contributed by atoms with E-state index in [9.17, 15) is 18.0 Å². The number of pyridine rings is 2. The van der Waals surface area contributed by atoms with Crippen LogP contribution < -0.4 is 10.1 Å². The molecule has 1 N–H and O–H groups in total. The third kappa shape index (κ3) is 7.88. The van der Waals surface area contributed by atoms with E-state index in [2.05, 4.69) is 20.0 Å². The van der Waals surface area contributed by atoms with E-state index in [4.69, 9.17) is 0 Å². The number of carbonyl (C=O) groups excluding carboxylic acids is 1. The van der Waals surface area contributed by atoms with Crippen LogP contribution in [0.25, 0.3) is 0 Å². The number of carbonyl (C=O) groups is 1. The maximum Gasteiger partial charge on any atom is 0.422 e. The van der Waals surface area contributed by atoms with Gasteiger partial charge in [-0.2, -0.15) is 13.2 Å². The summed E-state index contributed by atoms with van der Waals surface area (Å²) in [5.41, 5.74) is 1.64. The number of amides is 1. The summed E-state index contributed by atoms with van der Waals surface area (Å²) in [6.07, 6.45) is 0.342. The molecule has 0 spiro atoms. The molecule has 0 aromatic carbocycles. The molecule has 0 saturated heterocycles. The summed E-state index contributed by atoms with van der Waals surface area (Å²) in [4.78, 5) is 19.5. The summed E-state index contributed by atoms with van der Waals surface area (Å²) in [6.45, 7) is -1.21. The van der Waals surface area contributed by atoms with Gasteiger partial charge in [-0.15, -0.1) is 11.8 Å². The third-order valence-electron chi connectivity index (χ3n) is 2.90. The number of thioether (sulfide) groups is 1. The standard InChI is InChI=1S/C16H16F3N3O2S/c17-16(18,19)11-24-15-6-12(3-5-21-15)8-22-14(23)10-25-9-13-2-1-4-20-7-13/h1-7H,8-11H2,(H,22,23). The van der Waals surface area contributed by atoms with Crippen LogP contribution in [0.15, 0.2) is 42.9 Å². The number of rotatable bonds is 8. The highest BCUT2D eigenvalue weighted by Crippen LogP contribution is 2.17. The van der Waals surface area contributed by atoms with E-state index >= 15 is 0 Å². The highest BCUT2D eigenvalue weighted by molar-refractivity contribution is 7.99. The molecular formula is C16H16F3N3O2S. The molecule has 25 heavy (non-hydrogen) atoms. The number of nitrogens with zero attached hydrogens (tertiary/aromatic N) is 2. The van der Waals surface area contributed by atoms with Gasteiger partial charge in [-0.05, 0) is 23.3 Å². The highest BCUT2D eigenvalue weighted by atomic mass is 32.2. The van der Waals surface area contributed by atoms with Crippen LogP contribution in [-0.2, 0) is 17.1 Å². The Kier molecular flexibility index (Phi) is 7.05. The van der Waals surface area contributed by atoms with Crippen molar-refractivity contribution in [3.63, 3.8) is 0 Å². The lowest BCUT2D eigenvalue weighted by Gasteiger charge is -2.10. The summed E-state index contributed by atoms with van der Waals surface area (Å²) < 4.78 is 40.9. The number of halogens is 3. The maximum absolute atomic E-state index is 12.1. The van der Waals surface area contributed by atoms with Crippen molar-refractivity contribution in [3.8, 4) is 5.88 Å². The highest BCUT2D eigenvalue weighted by Gasteiger charge is 2.28. The zero-order valence-electron chi connectivity index (χ0n) is 13.1. The lowest BCUT2D eigenvalue weighted by atomic mass is 10.2. The minimum atomic E-state index is -4.42. The largest absolute Gasteiger partial charge is 0.468 e. The van der Waals surface area contributed by atoms with Gasteiger partial charge in [0.1, 0.15) is 0 Å². The van der Waals surface area contributed by atoms with Crippen LogP contribution in [0.5, 0.6) is 5.88 Å². The number of hydrogen-bond donors (Lipinski definition) is 1. The lowest BCUT2D eigenvalue weighted by molar-refractivity contribution is -0.154. The van der Waals surface area contributed by atoms with Crippen LogP contribution in [0, 0.1) is 0 Å². The van der Waals surface area contributed by atoms with E-state index in [0.29, 0.717) is 11.3 Å². The first-order chi connectivity index (χ1) is 11.9. The van der Waals surface area contributed by atoms with E-state index < -0.39 is 12.8 Å². The van der Waals surface area contributed by atoms with E-state index in [0.717, 1.165) is 5.56 Å². The van der Waals surface area contributed by atoms with Gasteiger partial charge >= 0.3 is 6.18 Å². The van der Waals surface area contributed by atoms with Crippen LogP contribution in [0.1, 0.15) is 11.1 Å². The summed E-state index contributed by atoms with van der Waals surface area (Å²) in [7, 11) is 0. The van der Waals surface area contributed by atoms with Crippen LogP contribution in [0.4, 0.5) is 13.2 Å². The van der Waals surface area contributed by atoms with Gasteiger partial charge in [0, 0.05) is 37.0 Å². The number of ether oxygens (including phenoxy) is 1. The Morgan fingerprint density at radius 1 is 1.24 bits per heavy atom. The molecule has 0 atom stereocenters. The van der Waals surface area contributed by atoms with Crippen molar-refractivity contribution in [1.29, 1.82) is 0 Å². The third-order valence-corrected chi connectivity index (χ3v) is 3.90. The van der Waals surface area contributed by atoms with Gasteiger partial charge in [-0.3, -0.25) is 9.78 Å². The van der Waals surface area contributed by atoms with Crippen molar-refractivity contribution in [2.45, 2.75) is 18.5 Å². The van der Waals surface area contributed by atoms with Gasteiger partial charge in [0.25, 0.3) is 0 Å². The van der Waals surface area contributed by atoms with Crippen molar-refractivity contribution in [2.75, 3.05) is 12.4 Å². The van der Waals surface area contributed by atoms with Gasteiger partial charge in [0.2, 0.25) is 11.8 Å². The molecule has 9 heteroatoms. The molecule has 0 aliphatic carbocycles. The van der Waals surface area contributed by atoms with Crippen molar-refractivity contribution < 1.29 is 22.7 Å². The molecule has 134 valence electrons. The van der Waals surface area contributed by atoms with Crippen molar-refractivity contribution in [2.24, 2.45) is 0 Å². The fourth-order valence-corrected chi connectivity index (χ4v) is 2.59. The number of aromatic nitrogens is 2. The molecule has 2 heterocycles. The SMILES string of the molecule is O=C(CSCc1cccnc1)NCc1ccnc(OCC(F)(F)F)c1. The van der Waals surface area contributed by atoms with Crippen LogP contribution in [0.3, 0.4) is 0 Å². The van der Waals surface area contributed by atoms with E-state index in [1.54, 1.807) is 18.5 Å². The van der Waals surface area contributed by atoms with Gasteiger partial charge < -0.3 is 10.1 Å². The van der Waals surface area contributed by atoms with E-state index in [1.807, 2.05) is 12.1 Å². The quantitative estimate of drug-likeness (QED) is 0.773. The number of alkyl halides is 3. The van der Waals surface area contributed by atoms with Crippen LogP contribution in [-0.4, -0.2) is 34.4 Å². The molecule has 1 amide bonds. The maximum atomic E-state index is 12.1. The monoisotopic (exact) mass is 371 g/mol. The second-order valence-corrected chi connectivity index (χ2v) is 6.02. The van der Waals surface area contributed by atoms with Crippen molar-refractivity contribution >= 4 is 17.7 Å². The fraction of sp³-hybridized carbons (Fsp3) is 0.312. The van der Waals surface area contributed by atoms with Crippen LogP contribution >= 0.6 is 11.8 Å². The molecule has 2 aromatic heterocycles. The van der Waals surface area contributed by atoms with Gasteiger partial charge in [0.05, 0.1) is 5.75 Å². The topological polar surface area (TPSA) is 64.1 Å². The average molecular weight is 371 g/mol. The fourth-order valence-electron chi connectivity index (χ4n) is 1.79. The van der Waals surface area contributed by atoms with Crippen LogP contribution in [0.2, 0.25) is 0 Å². The molecule has 0 unspecified atom stereocenters. The van der Waals surface area contributed by atoms with E-state index in [1.165, 1.54) is 24.0 Å². The Hall–Kier alpha value is -2.29. The predicted octanol–water partition coefficient (Wildman–Crippen LogP) is 2.97. The molecule has 5 nitrogen and oxygen atoms in total. The van der Waals surface area contributed by atoms with Gasteiger partial charge in [-0.25, -0.2) is 4.98 Å². The average Bonchev–Trinajstić information content (AvgIpc) is 2.59. The molecule has 0 fully saturated rings. The Morgan fingerprint density at radius 2 is 2.08 bits per heavy atom. The molecule has 2 rings (SSSR count). The normalized spacial score (nSPS) is 11.2. The first kappa shape index (κ1) is 19.0. The van der Waals surface area contributed by atoms with Crippen molar-refractivity contribution in [3.05, 3.63) is 54.0 Å². The number of hydrogen-bond acceptors (Lipinski definition) is 5. The Morgan fingerprint density at radius 3 is 2.80 bits per heavy atom. The lowest BCUT2D eigenvalue weighted by Crippen LogP contribution is -2.24. The van der Waals surface area contributed by atoms with Gasteiger partial charge in [0.15, 0.2) is 6.61 Å². The molecule has 0 saturated carbocycles. The summed E-state index contributed by atoms with van der Waals surface area (Å²) in [6, 6.07) is 6.73. The van der Waals surface area contributed by atoms with Crippen molar-refractivity contribution in [1.82, 2.24) is 15.3 Å². The summed E-state index contributed by atoms with van der Waals surface area (Å²) in [5.74, 6) is 0.655. The minimum Gasteiger partial charge on any atom is -0.468 e. The minimum absolute atomic E-state index is 0.130. The number of nitrogens with one attached hydrogen (secondary N) is 1. The molecule has 0 radical (unpaired) electrons. The zero-order valence-corrected chi connectivity index (χ0v) is 13.9. The summed E-state index contributed by atoms with van der Waals surface area (Å²) >= 11 is 1.45. The predicted molar refractivity (Wildman–Crippen MR) is 88.0 cm³/mol. The molecule has 0 bridgehead atoms. The Bertz CT molecular complexity index is 684. The van der Waals surface area contributed by atoms with E-state index in [-0.39, 0.29) is 24.1 Å².